The van der Waals surface area contributed by atoms with Crippen LogP contribution in [0.15, 0.2) is 0 Å². The Bertz CT molecular complexity index is 128. The summed E-state index contributed by atoms with van der Waals surface area (Å²) in [6, 6.07) is 0.310. The van der Waals surface area contributed by atoms with Gasteiger partial charge < -0.3 is 0 Å². The van der Waals surface area contributed by atoms with Crippen molar-refractivity contribution < 1.29 is 0 Å². The van der Waals surface area contributed by atoms with Gasteiger partial charge in [-0.25, -0.2) is 0 Å². The van der Waals surface area contributed by atoms with Gasteiger partial charge in [-0.05, 0) is 19.0 Å². The van der Waals surface area contributed by atoms with Crippen molar-refractivity contribution >= 4 is 0 Å². The molecule has 0 saturated heterocycles. The van der Waals surface area contributed by atoms with Crippen LogP contribution >= 0.6 is 0 Å². The summed E-state index contributed by atoms with van der Waals surface area (Å²) >= 11 is 0. The van der Waals surface area contributed by atoms with Gasteiger partial charge in [-0.1, -0.05) is 33.6 Å². The average Bonchev–Trinajstić information content (AvgIpc) is 1.99. The average molecular weight is 153 g/mol. The van der Waals surface area contributed by atoms with Crippen LogP contribution in [0.2, 0.25) is 0 Å². The van der Waals surface area contributed by atoms with Crippen molar-refractivity contribution in [3.05, 3.63) is 0 Å². The fraction of sp³-hybridized carbons (Fsp3) is 0.800. The third-order valence-corrected chi connectivity index (χ3v) is 2.01. The lowest BCUT2D eigenvalue weighted by Crippen LogP contribution is -2.37. The van der Waals surface area contributed by atoms with Crippen molar-refractivity contribution in [3.63, 3.8) is 0 Å². The molecule has 0 rings (SSSR count). The van der Waals surface area contributed by atoms with E-state index in [1.807, 2.05) is 0 Å². The first-order valence-electron chi connectivity index (χ1n) is 4.37. The molecule has 0 heterocycles. The Kier molecular flexibility index (Phi) is 4.98. The maximum absolute atomic E-state index is 5.43. The molecule has 1 heteroatoms. The van der Waals surface area contributed by atoms with Gasteiger partial charge in [-0.3, -0.25) is 4.90 Å². The van der Waals surface area contributed by atoms with Gasteiger partial charge in [0, 0.05) is 0 Å². The summed E-state index contributed by atoms with van der Waals surface area (Å²) in [7, 11) is 0. The number of hydrogen-bond donors (Lipinski definition) is 0. The summed E-state index contributed by atoms with van der Waals surface area (Å²) in [6.45, 7) is 10.7. The van der Waals surface area contributed by atoms with E-state index in [1.165, 1.54) is 0 Å². The molecule has 0 saturated carbocycles. The van der Waals surface area contributed by atoms with Gasteiger partial charge in [0.25, 0.3) is 0 Å². The molecule has 0 bridgehead atoms. The molecule has 0 aliphatic rings. The molecule has 0 amide bonds. The Labute approximate surface area is 70.8 Å². The van der Waals surface area contributed by atoms with Crippen LogP contribution in [0.3, 0.4) is 0 Å². The monoisotopic (exact) mass is 153 g/mol. The molecule has 0 aliphatic carbocycles. The van der Waals surface area contributed by atoms with E-state index in [2.05, 4.69) is 38.5 Å². The first-order chi connectivity index (χ1) is 5.17. The largest absolute Gasteiger partial charge is 0.290 e. The normalized spacial score (nSPS) is 13.5. The molecule has 11 heavy (non-hydrogen) atoms. The van der Waals surface area contributed by atoms with Gasteiger partial charge in [0.15, 0.2) is 0 Å². The minimum absolute atomic E-state index is 0.310. The summed E-state index contributed by atoms with van der Waals surface area (Å²) in [5.41, 5.74) is 0. The van der Waals surface area contributed by atoms with Gasteiger partial charge in [0.05, 0.1) is 6.04 Å². The Hall–Kier alpha value is -0.480. The molecule has 1 atom stereocenters. The minimum atomic E-state index is 0.310. The number of terminal acetylenes is 1. The van der Waals surface area contributed by atoms with Crippen molar-refractivity contribution in [2.24, 2.45) is 5.92 Å². The van der Waals surface area contributed by atoms with E-state index in [-0.39, 0.29) is 0 Å². The summed E-state index contributed by atoms with van der Waals surface area (Å²) in [6.07, 6.45) is 5.43. The second kappa shape index (κ2) is 5.21. The maximum atomic E-state index is 5.43. The maximum Gasteiger partial charge on any atom is 0.0734 e. The zero-order valence-corrected chi connectivity index (χ0v) is 8.09. The van der Waals surface area contributed by atoms with Crippen molar-refractivity contribution in [2.75, 3.05) is 13.1 Å². The molecular formula is C10H19N. The summed E-state index contributed by atoms with van der Waals surface area (Å²) in [5.74, 6) is 3.38. The minimum Gasteiger partial charge on any atom is -0.290 e. The number of rotatable bonds is 4. The highest BCUT2D eigenvalue weighted by Crippen LogP contribution is 2.08. The van der Waals surface area contributed by atoms with E-state index in [0.717, 1.165) is 13.1 Å². The lowest BCUT2D eigenvalue weighted by Gasteiger charge is -2.28. The Morgan fingerprint density at radius 2 is 1.73 bits per heavy atom. The zero-order valence-electron chi connectivity index (χ0n) is 8.09. The smallest absolute Gasteiger partial charge is 0.0734 e. The van der Waals surface area contributed by atoms with Crippen LogP contribution in [0.1, 0.15) is 27.7 Å². The van der Waals surface area contributed by atoms with Crippen LogP contribution in [0.5, 0.6) is 0 Å². The predicted octanol–water partition coefficient (Wildman–Crippen LogP) is 1.99. The third-order valence-electron chi connectivity index (χ3n) is 2.01. The highest BCUT2D eigenvalue weighted by atomic mass is 15.1. The number of hydrogen-bond acceptors (Lipinski definition) is 1. The van der Waals surface area contributed by atoms with Crippen LogP contribution in [-0.2, 0) is 0 Å². The standard InChI is InChI=1S/C10H19N/c1-6-10(9(4)5)11(7-2)8-3/h1,9-10H,7-8H2,2-5H3. The summed E-state index contributed by atoms with van der Waals surface area (Å²) in [4.78, 5) is 2.31. The van der Waals surface area contributed by atoms with Crippen LogP contribution in [0.4, 0.5) is 0 Å². The molecule has 0 aromatic carbocycles. The molecule has 0 radical (unpaired) electrons. The van der Waals surface area contributed by atoms with Gasteiger partial charge in [0.1, 0.15) is 0 Å². The molecule has 0 spiro atoms. The second-order valence-electron chi connectivity index (χ2n) is 3.08. The topological polar surface area (TPSA) is 3.24 Å². The Balaban J connectivity index is 4.12. The van der Waals surface area contributed by atoms with E-state index in [9.17, 15) is 0 Å². The van der Waals surface area contributed by atoms with E-state index in [0.29, 0.717) is 12.0 Å². The molecule has 0 fully saturated rings. The molecular weight excluding hydrogens is 134 g/mol. The number of nitrogens with zero attached hydrogens (tertiary/aromatic N) is 1. The first kappa shape index (κ1) is 10.5. The van der Waals surface area contributed by atoms with Crippen LogP contribution < -0.4 is 0 Å². The van der Waals surface area contributed by atoms with Crippen LogP contribution in [0.25, 0.3) is 0 Å². The Morgan fingerprint density at radius 1 is 1.27 bits per heavy atom. The van der Waals surface area contributed by atoms with E-state index >= 15 is 0 Å². The van der Waals surface area contributed by atoms with Crippen molar-refractivity contribution in [1.82, 2.24) is 4.90 Å². The molecule has 0 aromatic heterocycles. The van der Waals surface area contributed by atoms with Gasteiger partial charge in [-0.2, -0.15) is 0 Å². The van der Waals surface area contributed by atoms with E-state index < -0.39 is 0 Å². The molecule has 1 nitrogen and oxygen atoms in total. The summed E-state index contributed by atoms with van der Waals surface area (Å²) in [5, 5.41) is 0. The molecule has 0 aliphatic heterocycles. The fourth-order valence-electron chi connectivity index (χ4n) is 1.34. The van der Waals surface area contributed by atoms with Gasteiger partial charge in [0.2, 0.25) is 0 Å². The van der Waals surface area contributed by atoms with Crippen LogP contribution in [-0.4, -0.2) is 24.0 Å². The van der Waals surface area contributed by atoms with Crippen LogP contribution in [0, 0.1) is 18.3 Å². The Morgan fingerprint density at radius 3 is 1.82 bits per heavy atom. The molecule has 64 valence electrons. The zero-order chi connectivity index (χ0) is 8.85. The van der Waals surface area contributed by atoms with E-state index in [4.69, 9.17) is 6.42 Å². The molecule has 0 aromatic rings. The third kappa shape index (κ3) is 2.95. The van der Waals surface area contributed by atoms with Crippen molar-refractivity contribution in [2.45, 2.75) is 33.7 Å². The fourth-order valence-corrected chi connectivity index (χ4v) is 1.34. The van der Waals surface area contributed by atoms with Crippen molar-refractivity contribution in [3.8, 4) is 12.3 Å². The highest BCUT2D eigenvalue weighted by molar-refractivity contribution is 5.01. The lowest BCUT2D eigenvalue weighted by atomic mass is 10.0. The quantitative estimate of drug-likeness (QED) is 0.558. The first-order valence-corrected chi connectivity index (χ1v) is 4.37. The summed E-state index contributed by atoms with van der Waals surface area (Å²) < 4.78 is 0. The highest BCUT2D eigenvalue weighted by Gasteiger charge is 2.15. The lowest BCUT2D eigenvalue weighted by molar-refractivity contribution is 0.217. The van der Waals surface area contributed by atoms with Crippen molar-refractivity contribution in [1.29, 1.82) is 0 Å². The second-order valence-corrected chi connectivity index (χ2v) is 3.08. The molecule has 1 unspecified atom stereocenters. The SMILES string of the molecule is C#CC(C(C)C)N(CC)CC. The predicted molar refractivity (Wildman–Crippen MR) is 50.4 cm³/mol. The molecule has 0 N–H and O–H groups in total. The van der Waals surface area contributed by atoms with Gasteiger partial charge >= 0.3 is 0 Å². The van der Waals surface area contributed by atoms with E-state index in [1.54, 1.807) is 0 Å². The van der Waals surface area contributed by atoms with Gasteiger partial charge in [-0.15, -0.1) is 6.42 Å².